The number of carbonyl (C=O) groups excluding carboxylic acids is 2. The molecule has 0 atom stereocenters. The molecule has 0 aromatic heterocycles. The summed E-state index contributed by atoms with van der Waals surface area (Å²) in [5, 5.41) is 8.98. The minimum atomic E-state index is -0.909. The Morgan fingerprint density at radius 1 is 1.19 bits per heavy atom. The highest BCUT2D eigenvalue weighted by atomic mass is 19.2. The number of aliphatic carboxylic acids is 1. The lowest BCUT2D eigenvalue weighted by atomic mass is 9.97. The predicted octanol–water partition coefficient (Wildman–Crippen LogP) is 2.07. The summed E-state index contributed by atoms with van der Waals surface area (Å²) in [5.41, 5.74) is 0.613. The van der Waals surface area contributed by atoms with E-state index in [9.17, 15) is 23.2 Å². The monoisotopic (exact) mass is 382 g/mol. The largest absolute Gasteiger partial charge is 0.481 e. The molecule has 1 saturated heterocycles. The van der Waals surface area contributed by atoms with E-state index in [2.05, 4.69) is 0 Å². The van der Waals surface area contributed by atoms with Crippen molar-refractivity contribution in [2.24, 2.45) is 5.92 Å². The van der Waals surface area contributed by atoms with Crippen LogP contribution in [0.25, 0.3) is 0 Å². The number of nitrogens with zero attached hydrogens (tertiary/aromatic N) is 2. The zero-order chi connectivity index (χ0) is 20.0. The molecule has 0 radical (unpaired) electrons. The lowest BCUT2D eigenvalue weighted by Gasteiger charge is -2.31. The smallest absolute Gasteiger partial charge is 0.306 e. The van der Waals surface area contributed by atoms with Crippen molar-refractivity contribution >= 4 is 17.8 Å². The van der Waals surface area contributed by atoms with Gasteiger partial charge in [0.15, 0.2) is 11.6 Å². The second-order valence-corrected chi connectivity index (χ2v) is 6.85. The van der Waals surface area contributed by atoms with Gasteiger partial charge in [0.1, 0.15) is 0 Å². The summed E-state index contributed by atoms with van der Waals surface area (Å²) < 4.78 is 26.0. The van der Waals surface area contributed by atoms with Crippen molar-refractivity contribution in [1.29, 1.82) is 0 Å². The average molecular weight is 382 g/mol. The van der Waals surface area contributed by atoms with Gasteiger partial charge in [-0.15, -0.1) is 0 Å². The number of likely N-dealkylation sites (N-methyl/N-ethyl adjacent to an activating group) is 1. The molecule has 0 spiro atoms. The third-order valence-corrected chi connectivity index (χ3v) is 4.84. The van der Waals surface area contributed by atoms with Crippen LogP contribution in [0.4, 0.5) is 8.78 Å². The summed E-state index contributed by atoms with van der Waals surface area (Å²) in [6, 6.07) is 3.66. The van der Waals surface area contributed by atoms with Crippen molar-refractivity contribution in [1.82, 2.24) is 9.80 Å². The Morgan fingerprint density at radius 3 is 2.44 bits per heavy atom. The molecule has 1 fully saturated rings. The number of aryl methyl sites for hydroxylation is 1. The molecule has 1 heterocycles. The summed E-state index contributed by atoms with van der Waals surface area (Å²) in [4.78, 5) is 38.3. The molecule has 0 bridgehead atoms. The number of carboxylic acid groups (broad SMARTS) is 1. The number of likely N-dealkylation sites (tertiary alicyclic amines) is 1. The summed E-state index contributed by atoms with van der Waals surface area (Å²) in [7, 11) is 1.54. The van der Waals surface area contributed by atoms with Gasteiger partial charge in [-0.25, -0.2) is 8.78 Å². The number of hydrogen-bond acceptors (Lipinski definition) is 3. The van der Waals surface area contributed by atoms with Crippen LogP contribution in [0.2, 0.25) is 0 Å². The van der Waals surface area contributed by atoms with E-state index < -0.39 is 23.5 Å². The van der Waals surface area contributed by atoms with Crippen LogP contribution in [0.1, 0.15) is 31.2 Å². The van der Waals surface area contributed by atoms with Crippen molar-refractivity contribution in [3.8, 4) is 0 Å². The lowest BCUT2D eigenvalue weighted by molar-refractivity contribution is -0.146. The Hall–Kier alpha value is -2.51. The zero-order valence-corrected chi connectivity index (χ0v) is 15.3. The topological polar surface area (TPSA) is 77.9 Å². The first-order valence-corrected chi connectivity index (χ1v) is 8.96. The average Bonchev–Trinajstić information content (AvgIpc) is 2.64. The van der Waals surface area contributed by atoms with E-state index in [1.165, 1.54) is 11.0 Å². The number of rotatable bonds is 7. The fourth-order valence-corrected chi connectivity index (χ4v) is 3.10. The Labute approximate surface area is 156 Å². The maximum atomic E-state index is 13.2. The molecule has 2 amide bonds. The van der Waals surface area contributed by atoms with Crippen molar-refractivity contribution in [2.75, 3.05) is 26.7 Å². The van der Waals surface area contributed by atoms with Crippen LogP contribution in [-0.4, -0.2) is 59.4 Å². The van der Waals surface area contributed by atoms with Gasteiger partial charge in [-0.1, -0.05) is 6.07 Å². The summed E-state index contributed by atoms with van der Waals surface area (Å²) in [6.07, 6.45) is 1.95. The molecule has 2 rings (SSSR count). The third-order valence-electron chi connectivity index (χ3n) is 4.84. The van der Waals surface area contributed by atoms with Crippen LogP contribution in [0.5, 0.6) is 0 Å². The van der Waals surface area contributed by atoms with Crippen LogP contribution in [0.3, 0.4) is 0 Å². The van der Waals surface area contributed by atoms with Crippen molar-refractivity contribution in [3.05, 3.63) is 35.4 Å². The molecule has 148 valence electrons. The van der Waals surface area contributed by atoms with Gasteiger partial charge in [-0.3, -0.25) is 14.4 Å². The summed E-state index contributed by atoms with van der Waals surface area (Å²) in [6.45, 7) is 0.712. The van der Waals surface area contributed by atoms with E-state index in [1.807, 2.05) is 0 Å². The number of benzene rings is 1. The molecule has 27 heavy (non-hydrogen) atoms. The Balaban J connectivity index is 1.72. The lowest BCUT2D eigenvalue weighted by Crippen LogP contribution is -2.45. The van der Waals surface area contributed by atoms with E-state index in [-0.39, 0.29) is 24.8 Å². The highest BCUT2D eigenvalue weighted by Crippen LogP contribution is 2.17. The van der Waals surface area contributed by atoms with Crippen molar-refractivity contribution < 1.29 is 28.3 Å². The van der Waals surface area contributed by atoms with Gasteiger partial charge in [0.05, 0.1) is 12.5 Å². The van der Waals surface area contributed by atoms with Gasteiger partial charge in [0.25, 0.3) is 0 Å². The second-order valence-electron chi connectivity index (χ2n) is 6.85. The molecule has 1 aromatic carbocycles. The molecule has 1 aromatic rings. The van der Waals surface area contributed by atoms with Crippen LogP contribution >= 0.6 is 0 Å². The SMILES string of the molecule is CN(CC(=O)N1CCC(C(=O)O)CC1)C(=O)CCCc1ccc(F)c(F)c1. The van der Waals surface area contributed by atoms with E-state index in [0.29, 0.717) is 44.3 Å². The highest BCUT2D eigenvalue weighted by molar-refractivity contribution is 5.84. The normalized spacial score (nSPS) is 14.9. The first kappa shape index (κ1) is 20.8. The predicted molar refractivity (Wildman–Crippen MR) is 93.9 cm³/mol. The highest BCUT2D eigenvalue weighted by Gasteiger charge is 2.27. The maximum absolute atomic E-state index is 13.2. The quantitative estimate of drug-likeness (QED) is 0.783. The third kappa shape index (κ3) is 6.01. The molecule has 0 saturated carbocycles. The number of piperidine rings is 1. The number of carboxylic acids is 1. The zero-order valence-electron chi connectivity index (χ0n) is 15.3. The van der Waals surface area contributed by atoms with E-state index in [0.717, 1.165) is 12.1 Å². The fourth-order valence-electron chi connectivity index (χ4n) is 3.10. The molecular weight excluding hydrogens is 358 g/mol. The summed E-state index contributed by atoms with van der Waals surface area (Å²) in [5.74, 6) is -3.46. The fraction of sp³-hybridized carbons (Fsp3) is 0.526. The second kappa shape index (κ2) is 9.43. The first-order valence-electron chi connectivity index (χ1n) is 8.96. The first-order chi connectivity index (χ1) is 12.8. The molecule has 8 heteroatoms. The molecule has 1 aliphatic heterocycles. The maximum Gasteiger partial charge on any atom is 0.306 e. The number of halogens is 2. The van der Waals surface area contributed by atoms with Crippen LogP contribution in [0.15, 0.2) is 18.2 Å². The van der Waals surface area contributed by atoms with Crippen LogP contribution in [0, 0.1) is 17.6 Å². The number of amides is 2. The van der Waals surface area contributed by atoms with Crippen LogP contribution in [-0.2, 0) is 20.8 Å². The summed E-state index contributed by atoms with van der Waals surface area (Å²) >= 11 is 0. The van der Waals surface area contributed by atoms with E-state index in [4.69, 9.17) is 5.11 Å². The minimum absolute atomic E-state index is 0.0538. The van der Waals surface area contributed by atoms with Gasteiger partial charge in [-0.2, -0.15) is 0 Å². The Kier molecular flexibility index (Phi) is 7.27. The van der Waals surface area contributed by atoms with Crippen LogP contribution < -0.4 is 0 Å². The molecule has 0 unspecified atom stereocenters. The number of hydrogen-bond donors (Lipinski definition) is 1. The molecular formula is C19H24F2N2O4. The van der Waals surface area contributed by atoms with Gasteiger partial charge in [0, 0.05) is 26.6 Å². The van der Waals surface area contributed by atoms with Gasteiger partial charge in [-0.05, 0) is 43.4 Å². The van der Waals surface area contributed by atoms with Gasteiger partial charge >= 0.3 is 5.97 Å². The number of carbonyl (C=O) groups is 3. The molecule has 1 aliphatic rings. The van der Waals surface area contributed by atoms with E-state index >= 15 is 0 Å². The molecule has 1 N–H and O–H groups in total. The Bertz CT molecular complexity index is 703. The standard InChI is InChI=1S/C19H24F2N2O4/c1-22(12-18(25)23-9-7-14(8-10-23)19(26)27)17(24)4-2-3-13-5-6-15(20)16(21)11-13/h5-6,11,14H,2-4,7-10,12H2,1H3,(H,26,27). The Morgan fingerprint density at radius 2 is 1.85 bits per heavy atom. The van der Waals surface area contributed by atoms with Gasteiger partial charge < -0.3 is 14.9 Å². The van der Waals surface area contributed by atoms with Crippen molar-refractivity contribution in [2.45, 2.75) is 32.1 Å². The van der Waals surface area contributed by atoms with E-state index in [1.54, 1.807) is 11.9 Å². The minimum Gasteiger partial charge on any atom is -0.481 e. The van der Waals surface area contributed by atoms with Crippen molar-refractivity contribution in [3.63, 3.8) is 0 Å². The molecule has 6 nitrogen and oxygen atoms in total. The van der Waals surface area contributed by atoms with Gasteiger partial charge in [0.2, 0.25) is 11.8 Å². The molecule has 0 aliphatic carbocycles.